The summed E-state index contributed by atoms with van der Waals surface area (Å²) in [7, 11) is 1.76. The van der Waals surface area contributed by atoms with Gasteiger partial charge in [0.15, 0.2) is 12.6 Å². The van der Waals surface area contributed by atoms with Crippen molar-refractivity contribution in [2.45, 2.75) is 51.6 Å². The maximum absolute atomic E-state index is 11.7. The van der Waals surface area contributed by atoms with Crippen LogP contribution in [0.15, 0.2) is 29.3 Å². The number of carbonyl (C=O) groups is 1. The molecular formula is C21H34N4O3. The number of hydrogen-bond donors (Lipinski definition) is 3. The van der Waals surface area contributed by atoms with E-state index in [4.69, 9.17) is 9.47 Å². The lowest BCUT2D eigenvalue weighted by Gasteiger charge is -2.13. The standard InChI is InChI=1S/C21H34N4O3/c1-3-4-12-27-13-6-11-23-21(22-2)24-15-17-7-5-8-19(14-17)28-16-20(26)25-18-9-10-18/h5,7-8,14,18H,3-4,6,9-13,15-16H2,1-2H3,(H,25,26)(H2,22,23,24). The highest BCUT2D eigenvalue weighted by atomic mass is 16.5. The molecule has 1 aliphatic rings. The second-order valence-electron chi connectivity index (χ2n) is 6.95. The van der Waals surface area contributed by atoms with Crippen LogP contribution in [0.3, 0.4) is 0 Å². The second kappa shape index (κ2) is 13.0. The molecule has 0 heterocycles. The topological polar surface area (TPSA) is 84.0 Å². The molecule has 1 saturated carbocycles. The lowest BCUT2D eigenvalue weighted by atomic mass is 10.2. The molecule has 1 aliphatic carbocycles. The summed E-state index contributed by atoms with van der Waals surface area (Å²) in [6.45, 7) is 5.25. The van der Waals surface area contributed by atoms with Gasteiger partial charge in [-0.25, -0.2) is 0 Å². The molecule has 7 nitrogen and oxygen atoms in total. The van der Waals surface area contributed by atoms with Gasteiger partial charge in [0.05, 0.1) is 0 Å². The van der Waals surface area contributed by atoms with Crippen molar-refractivity contribution in [2.75, 3.05) is 33.4 Å². The van der Waals surface area contributed by atoms with Gasteiger partial charge in [-0.3, -0.25) is 9.79 Å². The number of ether oxygens (including phenoxy) is 2. The number of carbonyl (C=O) groups excluding carboxylic acids is 1. The maximum atomic E-state index is 11.7. The third-order valence-corrected chi connectivity index (χ3v) is 4.29. The lowest BCUT2D eigenvalue weighted by molar-refractivity contribution is -0.123. The van der Waals surface area contributed by atoms with Gasteiger partial charge in [-0.05, 0) is 43.4 Å². The Morgan fingerprint density at radius 3 is 2.79 bits per heavy atom. The molecule has 1 aromatic carbocycles. The van der Waals surface area contributed by atoms with Crippen LogP contribution in [0.1, 0.15) is 44.6 Å². The molecule has 0 spiro atoms. The summed E-state index contributed by atoms with van der Waals surface area (Å²) in [6, 6.07) is 8.09. The highest BCUT2D eigenvalue weighted by Crippen LogP contribution is 2.18. The molecule has 3 N–H and O–H groups in total. The first kappa shape index (κ1) is 22.0. The zero-order valence-corrected chi connectivity index (χ0v) is 17.1. The van der Waals surface area contributed by atoms with E-state index in [2.05, 4.69) is 27.9 Å². The van der Waals surface area contributed by atoms with Crippen LogP contribution < -0.4 is 20.7 Å². The Hall–Kier alpha value is -2.28. The lowest BCUT2D eigenvalue weighted by Crippen LogP contribution is -2.37. The van der Waals surface area contributed by atoms with Gasteiger partial charge in [-0.2, -0.15) is 0 Å². The molecule has 28 heavy (non-hydrogen) atoms. The van der Waals surface area contributed by atoms with Crippen LogP contribution in [0.5, 0.6) is 5.75 Å². The highest BCUT2D eigenvalue weighted by molar-refractivity contribution is 5.79. The first-order valence-corrected chi connectivity index (χ1v) is 10.2. The molecule has 0 atom stereocenters. The van der Waals surface area contributed by atoms with E-state index in [0.29, 0.717) is 18.3 Å². The third-order valence-electron chi connectivity index (χ3n) is 4.29. The minimum absolute atomic E-state index is 0.0525. The molecule has 0 radical (unpaired) electrons. The summed E-state index contributed by atoms with van der Waals surface area (Å²) in [4.78, 5) is 16.0. The molecule has 0 aliphatic heterocycles. The Kier molecular flexibility index (Phi) is 10.2. The molecule has 0 unspecified atom stereocenters. The van der Waals surface area contributed by atoms with Gasteiger partial charge in [0.25, 0.3) is 5.91 Å². The Balaban J connectivity index is 1.63. The summed E-state index contributed by atoms with van der Waals surface area (Å²) in [6.07, 6.45) is 5.37. The molecule has 0 bridgehead atoms. The van der Waals surface area contributed by atoms with Gasteiger partial charge >= 0.3 is 0 Å². The normalized spacial score (nSPS) is 13.9. The number of amides is 1. The van der Waals surface area contributed by atoms with Crippen LogP contribution >= 0.6 is 0 Å². The fourth-order valence-electron chi connectivity index (χ4n) is 2.53. The van der Waals surface area contributed by atoms with Crippen LogP contribution in [0.2, 0.25) is 0 Å². The number of aliphatic imine (C=N–C) groups is 1. The predicted octanol–water partition coefficient (Wildman–Crippen LogP) is 2.22. The summed E-state index contributed by atoms with van der Waals surface area (Å²) in [5.41, 5.74) is 1.06. The molecule has 2 rings (SSSR count). The van der Waals surface area contributed by atoms with E-state index in [1.54, 1.807) is 7.05 Å². The van der Waals surface area contributed by atoms with Crippen LogP contribution in [0.4, 0.5) is 0 Å². The van der Waals surface area contributed by atoms with E-state index in [0.717, 1.165) is 63.4 Å². The van der Waals surface area contributed by atoms with E-state index >= 15 is 0 Å². The number of rotatable bonds is 13. The van der Waals surface area contributed by atoms with E-state index in [9.17, 15) is 4.79 Å². The summed E-state index contributed by atoms with van der Waals surface area (Å²) in [5, 5.41) is 9.49. The van der Waals surface area contributed by atoms with Crippen molar-refractivity contribution in [3.63, 3.8) is 0 Å². The number of nitrogens with one attached hydrogen (secondary N) is 3. The highest BCUT2D eigenvalue weighted by Gasteiger charge is 2.23. The van der Waals surface area contributed by atoms with Gasteiger partial charge in [-0.15, -0.1) is 0 Å². The molecule has 7 heteroatoms. The van der Waals surface area contributed by atoms with Crippen molar-refractivity contribution < 1.29 is 14.3 Å². The second-order valence-corrected chi connectivity index (χ2v) is 6.95. The largest absolute Gasteiger partial charge is 0.484 e. The van der Waals surface area contributed by atoms with Crippen molar-refractivity contribution >= 4 is 11.9 Å². The van der Waals surface area contributed by atoms with Crippen molar-refractivity contribution in [1.29, 1.82) is 0 Å². The molecule has 1 aromatic rings. The number of benzene rings is 1. The molecule has 1 fully saturated rings. The molecule has 1 amide bonds. The van der Waals surface area contributed by atoms with E-state index in [1.165, 1.54) is 0 Å². The molecule has 0 saturated heterocycles. The van der Waals surface area contributed by atoms with Crippen molar-refractivity contribution in [3.8, 4) is 5.75 Å². The first-order valence-electron chi connectivity index (χ1n) is 10.2. The average Bonchev–Trinajstić information content (AvgIpc) is 3.52. The first-order chi connectivity index (χ1) is 13.7. The maximum Gasteiger partial charge on any atom is 0.258 e. The van der Waals surface area contributed by atoms with E-state index in [1.807, 2.05) is 24.3 Å². The quantitative estimate of drug-likeness (QED) is 0.273. The number of nitrogens with zero attached hydrogens (tertiary/aromatic N) is 1. The predicted molar refractivity (Wildman–Crippen MR) is 112 cm³/mol. The third kappa shape index (κ3) is 9.60. The van der Waals surface area contributed by atoms with Gasteiger partial charge in [0.1, 0.15) is 5.75 Å². The zero-order valence-electron chi connectivity index (χ0n) is 17.1. The van der Waals surface area contributed by atoms with Gasteiger partial charge in [-0.1, -0.05) is 25.5 Å². The van der Waals surface area contributed by atoms with Gasteiger partial charge < -0.3 is 25.4 Å². The van der Waals surface area contributed by atoms with E-state index < -0.39 is 0 Å². The number of guanidine groups is 1. The monoisotopic (exact) mass is 390 g/mol. The summed E-state index contributed by atoms with van der Waals surface area (Å²) < 4.78 is 11.1. The Morgan fingerprint density at radius 2 is 2.04 bits per heavy atom. The number of unbranched alkanes of at least 4 members (excludes halogenated alkanes) is 1. The Bertz CT molecular complexity index is 617. The smallest absolute Gasteiger partial charge is 0.258 e. The zero-order chi connectivity index (χ0) is 20.0. The molecular weight excluding hydrogens is 356 g/mol. The summed E-state index contributed by atoms with van der Waals surface area (Å²) >= 11 is 0. The SMILES string of the molecule is CCCCOCCCNC(=NC)NCc1cccc(OCC(=O)NC2CC2)c1. The minimum Gasteiger partial charge on any atom is -0.484 e. The Labute approximate surface area is 168 Å². The van der Waals surface area contributed by atoms with E-state index in [-0.39, 0.29) is 12.5 Å². The van der Waals surface area contributed by atoms with Crippen molar-refractivity contribution in [1.82, 2.24) is 16.0 Å². The van der Waals surface area contributed by atoms with Gasteiger partial charge in [0, 0.05) is 39.4 Å². The van der Waals surface area contributed by atoms with Crippen LogP contribution in [0, 0.1) is 0 Å². The van der Waals surface area contributed by atoms with Crippen molar-refractivity contribution in [2.24, 2.45) is 4.99 Å². The van der Waals surface area contributed by atoms with Crippen molar-refractivity contribution in [3.05, 3.63) is 29.8 Å². The average molecular weight is 391 g/mol. The van der Waals surface area contributed by atoms with Gasteiger partial charge in [0.2, 0.25) is 0 Å². The fourth-order valence-corrected chi connectivity index (χ4v) is 2.53. The fraction of sp³-hybridized carbons (Fsp3) is 0.619. The number of hydrogen-bond acceptors (Lipinski definition) is 4. The molecule has 156 valence electrons. The van der Waals surface area contributed by atoms with Crippen LogP contribution in [-0.4, -0.2) is 51.3 Å². The van der Waals surface area contributed by atoms with Crippen LogP contribution in [-0.2, 0) is 16.1 Å². The summed E-state index contributed by atoms with van der Waals surface area (Å²) in [5.74, 6) is 1.38. The Morgan fingerprint density at radius 1 is 1.21 bits per heavy atom. The van der Waals surface area contributed by atoms with Crippen LogP contribution in [0.25, 0.3) is 0 Å². The minimum atomic E-state index is -0.0608. The molecule has 0 aromatic heterocycles.